The first-order chi connectivity index (χ1) is 7.88. The average Bonchev–Trinajstić information content (AvgIpc) is 2.76. The summed E-state index contributed by atoms with van der Waals surface area (Å²) >= 11 is 0. The minimum absolute atomic E-state index is 0.628. The van der Waals surface area contributed by atoms with E-state index in [-0.39, 0.29) is 0 Å². The van der Waals surface area contributed by atoms with Gasteiger partial charge in [-0.15, -0.1) is 0 Å². The lowest BCUT2D eigenvalue weighted by atomic mass is 10.1. The molecule has 90 valence electrons. The van der Waals surface area contributed by atoms with Crippen LogP contribution < -0.4 is 10.6 Å². The van der Waals surface area contributed by atoms with Crippen molar-refractivity contribution in [2.24, 2.45) is 0 Å². The van der Waals surface area contributed by atoms with Crippen molar-refractivity contribution in [3.8, 4) is 0 Å². The number of hydrogen-bond acceptors (Lipinski definition) is 3. The molecule has 2 heterocycles. The van der Waals surface area contributed by atoms with E-state index >= 15 is 0 Å². The Bertz CT molecular complexity index is 302. The number of hydrogen-bond donors (Lipinski definition) is 2. The lowest BCUT2D eigenvalue weighted by Crippen LogP contribution is -2.42. The smallest absolute Gasteiger partial charge is 0.0534 e. The normalized spacial score (nSPS) is 21.2. The summed E-state index contributed by atoms with van der Waals surface area (Å²) in [5.41, 5.74) is 1.29. The molecular weight excluding hydrogens is 200 g/mol. The molecule has 1 aromatic rings. The number of aryl methyl sites for hydroxylation is 1. The van der Waals surface area contributed by atoms with E-state index in [2.05, 4.69) is 28.9 Å². The van der Waals surface area contributed by atoms with Gasteiger partial charge >= 0.3 is 0 Å². The molecule has 1 fully saturated rings. The van der Waals surface area contributed by atoms with E-state index in [0.717, 1.165) is 26.1 Å². The predicted molar refractivity (Wildman–Crippen MR) is 65.2 cm³/mol. The third-order valence-electron chi connectivity index (χ3n) is 3.03. The van der Waals surface area contributed by atoms with Crippen LogP contribution in [0.25, 0.3) is 0 Å². The number of nitrogens with one attached hydrogen (secondary N) is 2. The highest BCUT2D eigenvalue weighted by atomic mass is 15.3. The topological polar surface area (TPSA) is 41.9 Å². The maximum absolute atomic E-state index is 4.33. The van der Waals surface area contributed by atoms with Crippen molar-refractivity contribution in [1.29, 1.82) is 0 Å². The van der Waals surface area contributed by atoms with Gasteiger partial charge in [-0.05, 0) is 25.8 Å². The highest BCUT2D eigenvalue weighted by molar-refractivity contribution is 5.03. The van der Waals surface area contributed by atoms with Crippen LogP contribution in [-0.4, -0.2) is 28.9 Å². The van der Waals surface area contributed by atoms with Gasteiger partial charge in [-0.3, -0.25) is 4.68 Å². The van der Waals surface area contributed by atoms with Crippen LogP contribution in [0.2, 0.25) is 0 Å². The van der Waals surface area contributed by atoms with E-state index in [4.69, 9.17) is 0 Å². The lowest BCUT2D eigenvalue weighted by Gasteiger charge is -2.23. The Morgan fingerprint density at radius 3 is 3.31 bits per heavy atom. The molecule has 1 saturated heterocycles. The Morgan fingerprint density at radius 2 is 2.56 bits per heavy atom. The quantitative estimate of drug-likeness (QED) is 0.785. The summed E-state index contributed by atoms with van der Waals surface area (Å²) in [4.78, 5) is 0. The maximum Gasteiger partial charge on any atom is 0.0534 e. The van der Waals surface area contributed by atoms with Crippen molar-refractivity contribution >= 4 is 0 Å². The zero-order valence-electron chi connectivity index (χ0n) is 10.1. The molecule has 1 aromatic heterocycles. The second kappa shape index (κ2) is 6.01. The van der Waals surface area contributed by atoms with E-state index in [9.17, 15) is 0 Å². The lowest BCUT2D eigenvalue weighted by molar-refractivity contribution is 0.389. The molecule has 1 aliphatic rings. The van der Waals surface area contributed by atoms with Crippen molar-refractivity contribution in [1.82, 2.24) is 20.4 Å². The highest BCUT2D eigenvalue weighted by Gasteiger charge is 2.11. The molecule has 0 amide bonds. The van der Waals surface area contributed by atoms with Crippen molar-refractivity contribution < 1.29 is 0 Å². The first-order valence-corrected chi connectivity index (χ1v) is 6.34. The average molecular weight is 222 g/mol. The van der Waals surface area contributed by atoms with Gasteiger partial charge in [0.2, 0.25) is 0 Å². The van der Waals surface area contributed by atoms with E-state index in [1.807, 2.05) is 10.9 Å². The molecule has 1 aliphatic heterocycles. The van der Waals surface area contributed by atoms with Crippen LogP contribution >= 0.6 is 0 Å². The van der Waals surface area contributed by atoms with Crippen LogP contribution in [0, 0.1) is 0 Å². The van der Waals surface area contributed by atoms with Crippen LogP contribution in [0.1, 0.15) is 31.7 Å². The van der Waals surface area contributed by atoms with Crippen LogP contribution in [0.5, 0.6) is 0 Å². The van der Waals surface area contributed by atoms with Gasteiger partial charge in [0.25, 0.3) is 0 Å². The largest absolute Gasteiger partial charge is 0.315 e. The molecule has 0 spiro atoms. The number of rotatable bonds is 5. The van der Waals surface area contributed by atoms with Gasteiger partial charge in [0.1, 0.15) is 0 Å². The summed E-state index contributed by atoms with van der Waals surface area (Å²) in [7, 11) is 0. The first kappa shape index (κ1) is 11.6. The summed E-state index contributed by atoms with van der Waals surface area (Å²) in [6, 6.07) is 0.628. The minimum Gasteiger partial charge on any atom is -0.315 e. The van der Waals surface area contributed by atoms with Gasteiger partial charge in [0.05, 0.1) is 6.20 Å². The van der Waals surface area contributed by atoms with E-state index < -0.39 is 0 Å². The predicted octanol–water partition coefficient (Wildman–Crippen LogP) is 1.13. The molecule has 0 saturated carbocycles. The van der Waals surface area contributed by atoms with Crippen molar-refractivity contribution in [3.05, 3.63) is 18.0 Å². The van der Waals surface area contributed by atoms with Gasteiger partial charge in [0.15, 0.2) is 0 Å². The summed E-state index contributed by atoms with van der Waals surface area (Å²) < 4.78 is 2.02. The van der Waals surface area contributed by atoms with E-state index in [1.165, 1.54) is 24.9 Å². The van der Waals surface area contributed by atoms with Gasteiger partial charge < -0.3 is 10.6 Å². The third kappa shape index (κ3) is 3.32. The van der Waals surface area contributed by atoms with Gasteiger partial charge in [-0.1, -0.05) is 6.92 Å². The third-order valence-corrected chi connectivity index (χ3v) is 3.03. The maximum atomic E-state index is 4.33. The molecular formula is C12H22N4. The zero-order chi connectivity index (χ0) is 11.2. The number of piperidine rings is 1. The summed E-state index contributed by atoms with van der Waals surface area (Å²) in [6.45, 7) is 6.41. The number of aromatic nitrogens is 2. The first-order valence-electron chi connectivity index (χ1n) is 6.34. The Labute approximate surface area is 97.4 Å². The second-order valence-corrected chi connectivity index (χ2v) is 4.54. The molecule has 4 nitrogen and oxygen atoms in total. The summed E-state index contributed by atoms with van der Waals surface area (Å²) in [5, 5.41) is 11.3. The Morgan fingerprint density at radius 1 is 1.62 bits per heavy atom. The highest BCUT2D eigenvalue weighted by Crippen LogP contribution is 2.04. The molecule has 1 atom stereocenters. The zero-order valence-corrected chi connectivity index (χ0v) is 10.1. The van der Waals surface area contributed by atoms with Gasteiger partial charge in [0, 0.05) is 37.4 Å². The molecule has 0 radical (unpaired) electrons. The Kier molecular flexibility index (Phi) is 4.36. The molecule has 2 N–H and O–H groups in total. The minimum atomic E-state index is 0.628. The molecule has 4 heteroatoms. The Balaban J connectivity index is 1.75. The Hall–Kier alpha value is -0.870. The standard InChI is InChI=1S/C12H22N4/c1-2-6-16-10-11(8-15-16)7-14-12-4-3-5-13-9-12/h8,10,12-14H,2-7,9H2,1H3. The SMILES string of the molecule is CCCn1cc(CNC2CCCNC2)cn1. The molecule has 0 aromatic carbocycles. The van der Waals surface area contributed by atoms with Crippen molar-refractivity contribution in [2.75, 3.05) is 13.1 Å². The van der Waals surface area contributed by atoms with Crippen LogP contribution in [-0.2, 0) is 13.1 Å². The van der Waals surface area contributed by atoms with E-state index in [0.29, 0.717) is 6.04 Å². The van der Waals surface area contributed by atoms with Gasteiger partial charge in [-0.2, -0.15) is 5.10 Å². The van der Waals surface area contributed by atoms with Crippen LogP contribution in [0.3, 0.4) is 0 Å². The second-order valence-electron chi connectivity index (χ2n) is 4.54. The monoisotopic (exact) mass is 222 g/mol. The van der Waals surface area contributed by atoms with Crippen LogP contribution in [0.4, 0.5) is 0 Å². The fourth-order valence-electron chi connectivity index (χ4n) is 2.14. The molecule has 2 rings (SSSR count). The van der Waals surface area contributed by atoms with Crippen LogP contribution in [0.15, 0.2) is 12.4 Å². The van der Waals surface area contributed by atoms with Gasteiger partial charge in [-0.25, -0.2) is 0 Å². The molecule has 0 bridgehead atoms. The fraction of sp³-hybridized carbons (Fsp3) is 0.750. The molecule has 16 heavy (non-hydrogen) atoms. The van der Waals surface area contributed by atoms with Crippen molar-refractivity contribution in [3.63, 3.8) is 0 Å². The summed E-state index contributed by atoms with van der Waals surface area (Å²) in [6.07, 6.45) is 7.83. The molecule has 0 aliphatic carbocycles. The number of nitrogens with zero attached hydrogens (tertiary/aromatic N) is 2. The molecule has 1 unspecified atom stereocenters. The van der Waals surface area contributed by atoms with E-state index in [1.54, 1.807) is 0 Å². The van der Waals surface area contributed by atoms with Crippen molar-refractivity contribution in [2.45, 2.75) is 45.3 Å². The summed E-state index contributed by atoms with van der Waals surface area (Å²) in [5.74, 6) is 0. The fourth-order valence-corrected chi connectivity index (χ4v) is 2.14.